The fourth-order valence-corrected chi connectivity index (χ4v) is 6.23. The van der Waals surface area contributed by atoms with E-state index in [0.717, 1.165) is 6.26 Å². The number of hydrogen-bond acceptors (Lipinski definition) is 6. The zero-order chi connectivity index (χ0) is 24.9. The molecule has 3 fully saturated rings. The summed E-state index contributed by atoms with van der Waals surface area (Å²) in [6.07, 6.45) is 1.83. The summed E-state index contributed by atoms with van der Waals surface area (Å²) in [6.45, 7) is 10.3. The molecule has 2 heterocycles. The number of fused-ring (bicyclic) bond motifs is 1. The Kier molecular flexibility index (Phi) is 6.59. The number of carbonyl (C=O) groups is 3. The highest BCUT2D eigenvalue weighted by Crippen LogP contribution is 2.65. The second-order valence-corrected chi connectivity index (χ2v) is 13.1. The van der Waals surface area contributed by atoms with Crippen molar-refractivity contribution >= 4 is 27.7 Å². The summed E-state index contributed by atoms with van der Waals surface area (Å²) in [5.41, 5.74) is -0.845. The molecule has 10 nitrogen and oxygen atoms in total. The quantitative estimate of drug-likeness (QED) is 0.465. The number of nitriles is 1. The summed E-state index contributed by atoms with van der Waals surface area (Å²) in [5.74, 6) is -1.28. The van der Waals surface area contributed by atoms with Crippen LogP contribution >= 0.6 is 0 Å². The monoisotopic (exact) mass is 481 g/mol. The van der Waals surface area contributed by atoms with Gasteiger partial charge in [0.15, 0.2) is 0 Å². The number of sulfonamides is 1. The highest BCUT2D eigenvalue weighted by atomic mass is 32.2. The van der Waals surface area contributed by atoms with Crippen LogP contribution in [0.2, 0.25) is 0 Å². The lowest BCUT2D eigenvalue weighted by atomic mass is 9.86. The maximum atomic E-state index is 13.5. The van der Waals surface area contributed by atoms with E-state index in [1.165, 1.54) is 4.90 Å². The molecule has 1 saturated carbocycles. The smallest absolute Gasteiger partial charge is 0.244 e. The SMILES string of the molecule is CC(C)(C)[C@H](NS(C)(=O)=O)C(=O)N1C[C@H]2[C@H]([C@H]1C(=O)N[C@H](C#N)C[C@@H]1CCNC1=O)C2(C)C. The Morgan fingerprint density at radius 1 is 1.33 bits per heavy atom. The van der Waals surface area contributed by atoms with Crippen LogP contribution in [-0.2, 0) is 24.4 Å². The Labute approximate surface area is 195 Å². The van der Waals surface area contributed by atoms with Gasteiger partial charge in [-0.1, -0.05) is 34.6 Å². The summed E-state index contributed by atoms with van der Waals surface area (Å²) in [5, 5.41) is 15.1. The fraction of sp³-hybridized carbons (Fsp3) is 0.818. The molecule has 3 N–H and O–H groups in total. The van der Waals surface area contributed by atoms with Crippen molar-refractivity contribution in [1.82, 2.24) is 20.3 Å². The third-order valence-electron chi connectivity index (χ3n) is 7.36. The molecule has 0 aromatic heterocycles. The Morgan fingerprint density at radius 3 is 2.45 bits per heavy atom. The second-order valence-electron chi connectivity index (χ2n) is 11.3. The van der Waals surface area contributed by atoms with Crippen LogP contribution in [0.3, 0.4) is 0 Å². The van der Waals surface area contributed by atoms with Crippen molar-refractivity contribution in [3.8, 4) is 6.07 Å². The second kappa shape index (κ2) is 8.55. The van der Waals surface area contributed by atoms with Gasteiger partial charge in [0.05, 0.1) is 12.3 Å². The van der Waals surface area contributed by atoms with Crippen molar-refractivity contribution < 1.29 is 22.8 Å². The van der Waals surface area contributed by atoms with E-state index in [0.29, 0.717) is 19.5 Å². The molecule has 3 rings (SSSR count). The van der Waals surface area contributed by atoms with Crippen LogP contribution in [0.25, 0.3) is 0 Å². The van der Waals surface area contributed by atoms with E-state index >= 15 is 0 Å². The van der Waals surface area contributed by atoms with Crippen LogP contribution in [0.1, 0.15) is 47.5 Å². The summed E-state index contributed by atoms with van der Waals surface area (Å²) in [4.78, 5) is 40.3. The molecule has 3 aliphatic rings. The number of hydrogen-bond donors (Lipinski definition) is 3. The number of nitrogens with one attached hydrogen (secondary N) is 3. The van der Waals surface area contributed by atoms with Crippen molar-refractivity contribution in [2.24, 2.45) is 28.6 Å². The maximum absolute atomic E-state index is 13.5. The van der Waals surface area contributed by atoms with Gasteiger partial charge >= 0.3 is 0 Å². The number of rotatable bonds is 7. The Morgan fingerprint density at radius 2 is 1.97 bits per heavy atom. The van der Waals surface area contributed by atoms with Crippen LogP contribution in [0.15, 0.2) is 0 Å². The Balaban J connectivity index is 1.81. The van der Waals surface area contributed by atoms with E-state index in [4.69, 9.17) is 0 Å². The van der Waals surface area contributed by atoms with Gasteiger partial charge in [-0.15, -0.1) is 0 Å². The number of nitrogens with zero attached hydrogens (tertiary/aromatic N) is 2. The number of piperidine rings is 1. The zero-order valence-corrected chi connectivity index (χ0v) is 21.0. The molecule has 0 aromatic carbocycles. The van der Waals surface area contributed by atoms with Gasteiger partial charge in [0.2, 0.25) is 27.7 Å². The van der Waals surface area contributed by atoms with Crippen LogP contribution in [0, 0.1) is 39.9 Å². The molecule has 1 aliphatic carbocycles. The Hall–Kier alpha value is -2.19. The first-order chi connectivity index (χ1) is 15.1. The molecular weight excluding hydrogens is 446 g/mol. The van der Waals surface area contributed by atoms with Crippen LogP contribution in [0.4, 0.5) is 0 Å². The molecule has 184 valence electrons. The average Bonchev–Trinajstić information content (AvgIpc) is 3.05. The van der Waals surface area contributed by atoms with E-state index in [1.54, 1.807) is 20.8 Å². The maximum Gasteiger partial charge on any atom is 0.244 e. The molecule has 2 aliphatic heterocycles. The van der Waals surface area contributed by atoms with E-state index in [2.05, 4.69) is 21.4 Å². The van der Waals surface area contributed by atoms with Crippen LogP contribution in [-0.4, -0.2) is 68.5 Å². The molecule has 0 bridgehead atoms. The lowest BCUT2D eigenvalue weighted by molar-refractivity contribution is -0.143. The van der Waals surface area contributed by atoms with Crippen molar-refractivity contribution in [2.45, 2.75) is 65.6 Å². The molecule has 0 spiro atoms. The third kappa shape index (κ3) is 5.17. The molecule has 0 unspecified atom stereocenters. The first-order valence-electron chi connectivity index (χ1n) is 11.3. The molecule has 33 heavy (non-hydrogen) atoms. The lowest BCUT2D eigenvalue weighted by Crippen LogP contribution is -2.59. The van der Waals surface area contributed by atoms with Gasteiger partial charge in [0, 0.05) is 19.0 Å². The van der Waals surface area contributed by atoms with E-state index in [9.17, 15) is 28.1 Å². The topological polar surface area (TPSA) is 148 Å². The minimum atomic E-state index is -3.66. The van der Waals surface area contributed by atoms with Gasteiger partial charge in [-0.25, -0.2) is 13.1 Å². The van der Waals surface area contributed by atoms with Gasteiger partial charge < -0.3 is 15.5 Å². The lowest BCUT2D eigenvalue weighted by Gasteiger charge is -2.37. The van der Waals surface area contributed by atoms with E-state index in [-0.39, 0.29) is 35.5 Å². The summed E-state index contributed by atoms with van der Waals surface area (Å²) < 4.78 is 26.3. The van der Waals surface area contributed by atoms with E-state index < -0.39 is 45.4 Å². The predicted molar refractivity (Wildman–Crippen MR) is 121 cm³/mol. The fourth-order valence-electron chi connectivity index (χ4n) is 5.35. The van der Waals surface area contributed by atoms with E-state index in [1.807, 2.05) is 13.8 Å². The minimum Gasteiger partial charge on any atom is -0.356 e. The van der Waals surface area contributed by atoms with Crippen LogP contribution in [0.5, 0.6) is 0 Å². The zero-order valence-electron chi connectivity index (χ0n) is 20.1. The molecule has 3 amide bonds. The van der Waals surface area contributed by atoms with Gasteiger partial charge in [-0.3, -0.25) is 14.4 Å². The first kappa shape index (κ1) is 25.4. The van der Waals surface area contributed by atoms with Gasteiger partial charge in [0.1, 0.15) is 18.1 Å². The number of carbonyl (C=O) groups excluding carboxylic acids is 3. The van der Waals surface area contributed by atoms with Crippen molar-refractivity contribution in [1.29, 1.82) is 5.26 Å². The van der Waals surface area contributed by atoms with Crippen LogP contribution < -0.4 is 15.4 Å². The van der Waals surface area contributed by atoms with Crippen molar-refractivity contribution in [3.05, 3.63) is 0 Å². The van der Waals surface area contributed by atoms with Gasteiger partial charge in [-0.2, -0.15) is 5.26 Å². The van der Waals surface area contributed by atoms with Crippen molar-refractivity contribution in [3.63, 3.8) is 0 Å². The van der Waals surface area contributed by atoms with Gasteiger partial charge in [-0.05, 0) is 35.5 Å². The van der Waals surface area contributed by atoms with Crippen molar-refractivity contribution in [2.75, 3.05) is 19.3 Å². The summed E-state index contributed by atoms with van der Waals surface area (Å²) >= 11 is 0. The highest BCUT2D eigenvalue weighted by molar-refractivity contribution is 7.88. The molecule has 11 heteroatoms. The average molecular weight is 482 g/mol. The predicted octanol–water partition coefficient (Wildman–Crippen LogP) is -0.0321. The molecule has 6 atom stereocenters. The van der Waals surface area contributed by atoms with Gasteiger partial charge in [0.25, 0.3) is 0 Å². The first-order valence-corrected chi connectivity index (χ1v) is 13.2. The normalized spacial score (nSPS) is 30.1. The summed E-state index contributed by atoms with van der Waals surface area (Å²) in [6, 6.07) is -0.607. The molecule has 0 aromatic rings. The highest BCUT2D eigenvalue weighted by Gasteiger charge is 2.69. The number of likely N-dealkylation sites (tertiary alicyclic amines) is 1. The summed E-state index contributed by atoms with van der Waals surface area (Å²) in [7, 11) is -3.66. The Bertz CT molecular complexity index is 980. The molecule has 0 radical (unpaired) electrons. The number of amides is 3. The largest absolute Gasteiger partial charge is 0.356 e. The standard InChI is InChI=1S/C22H35N5O5S/c1-21(2,3)17(26-33(6,31)32)20(30)27-11-14-15(22(14,4)5)16(27)19(29)25-13(10-23)9-12-7-8-24-18(12)28/h12-17,26H,7-9,11H2,1-6H3,(H,24,28)(H,25,29)/t12-,13-,14-,15+,16-,17+/m0/s1. The third-order valence-corrected chi connectivity index (χ3v) is 8.02. The molecular formula is C22H35N5O5S. The minimum absolute atomic E-state index is 0.0746. The molecule has 2 saturated heterocycles.